The van der Waals surface area contributed by atoms with E-state index in [4.69, 9.17) is 4.74 Å². The highest BCUT2D eigenvalue weighted by Crippen LogP contribution is 2.06. The summed E-state index contributed by atoms with van der Waals surface area (Å²) in [6, 6.07) is 10.0. The minimum Gasteiger partial charge on any atom is -0.501 e. The van der Waals surface area contributed by atoms with E-state index in [1.807, 2.05) is 48.6 Å². The van der Waals surface area contributed by atoms with Crippen LogP contribution in [0.15, 0.2) is 67.0 Å². The molecule has 1 aromatic carbocycles. The Labute approximate surface area is 171 Å². The predicted molar refractivity (Wildman–Crippen MR) is 119 cm³/mol. The molecule has 0 aliphatic carbocycles. The van der Waals surface area contributed by atoms with Gasteiger partial charge in [-0.25, -0.2) is 0 Å². The second-order valence-electron chi connectivity index (χ2n) is 7.13. The van der Waals surface area contributed by atoms with Crippen LogP contribution in [0, 0.1) is 5.92 Å². The van der Waals surface area contributed by atoms with E-state index in [1.165, 1.54) is 6.42 Å². The van der Waals surface area contributed by atoms with Crippen LogP contribution in [-0.2, 0) is 16.1 Å². The van der Waals surface area contributed by atoms with E-state index in [-0.39, 0.29) is 5.91 Å². The highest BCUT2D eigenvalue weighted by atomic mass is 16.5. The Kier molecular flexibility index (Phi) is 14.3. The lowest BCUT2D eigenvalue weighted by Gasteiger charge is -2.05. The fourth-order valence-corrected chi connectivity index (χ4v) is 2.57. The van der Waals surface area contributed by atoms with E-state index in [2.05, 4.69) is 31.3 Å². The number of carbonyl (C=O) groups is 1. The Morgan fingerprint density at radius 1 is 1.00 bits per heavy atom. The molecule has 0 heterocycles. The summed E-state index contributed by atoms with van der Waals surface area (Å²) < 4.78 is 5.48. The summed E-state index contributed by atoms with van der Waals surface area (Å²) in [4.78, 5) is 11.8. The van der Waals surface area contributed by atoms with Crippen LogP contribution >= 0.6 is 0 Å². The van der Waals surface area contributed by atoms with Gasteiger partial charge in [0.2, 0.25) is 5.91 Å². The second-order valence-corrected chi connectivity index (χ2v) is 7.13. The SMILES string of the molecule is CC[C@H](C)/C=C/C=C/C=C/OCCCCCCCC(=O)NCc1ccccc1. The Morgan fingerprint density at radius 3 is 2.50 bits per heavy atom. The number of carbonyl (C=O) groups excluding carboxylic acids is 1. The van der Waals surface area contributed by atoms with Gasteiger partial charge in [-0.3, -0.25) is 4.79 Å². The maximum atomic E-state index is 11.8. The lowest BCUT2D eigenvalue weighted by molar-refractivity contribution is -0.121. The van der Waals surface area contributed by atoms with E-state index in [0.29, 0.717) is 18.9 Å². The van der Waals surface area contributed by atoms with Gasteiger partial charge >= 0.3 is 0 Å². The van der Waals surface area contributed by atoms with Crippen molar-refractivity contribution in [1.82, 2.24) is 5.32 Å². The first-order valence-corrected chi connectivity index (χ1v) is 10.6. The minimum absolute atomic E-state index is 0.143. The summed E-state index contributed by atoms with van der Waals surface area (Å²) >= 11 is 0. The quantitative estimate of drug-likeness (QED) is 0.218. The first-order chi connectivity index (χ1) is 13.7. The molecule has 0 bridgehead atoms. The van der Waals surface area contributed by atoms with Crippen LogP contribution in [0.25, 0.3) is 0 Å². The molecular weight excluding hydrogens is 346 g/mol. The van der Waals surface area contributed by atoms with Crippen LogP contribution in [0.3, 0.4) is 0 Å². The molecule has 154 valence electrons. The van der Waals surface area contributed by atoms with E-state index in [9.17, 15) is 4.79 Å². The molecule has 3 heteroatoms. The van der Waals surface area contributed by atoms with Gasteiger partial charge in [-0.1, -0.05) is 94.2 Å². The molecule has 0 aromatic heterocycles. The van der Waals surface area contributed by atoms with Crippen molar-refractivity contribution < 1.29 is 9.53 Å². The molecule has 1 rings (SSSR count). The van der Waals surface area contributed by atoms with Gasteiger partial charge in [0, 0.05) is 13.0 Å². The van der Waals surface area contributed by atoms with Crippen molar-refractivity contribution in [1.29, 1.82) is 0 Å². The van der Waals surface area contributed by atoms with Crippen molar-refractivity contribution in [3.63, 3.8) is 0 Å². The molecule has 28 heavy (non-hydrogen) atoms. The fraction of sp³-hybridized carbons (Fsp3) is 0.480. The molecule has 0 aliphatic heterocycles. The maximum Gasteiger partial charge on any atom is 0.220 e. The average Bonchev–Trinajstić information content (AvgIpc) is 2.73. The third-order valence-electron chi connectivity index (χ3n) is 4.59. The first kappa shape index (κ1) is 23.7. The van der Waals surface area contributed by atoms with Gasteiger partial charge in [0.1, 0.15) is 0 Å². The van der Waals surface area contributed by atoms with Crippen LogP contribution in [0.2, 0.25) is 0 Å². The van der Waals surface area contributed by atoms with Crippen LogP contribution in [0.1, 0.15) is 64.4 Å². The molecule has 0 saturated carbocycles. The van der Waals surface area contributed by atoms with Gasteiger partial charge in [0.15, 0.2) is 0 Å². The zero-order valence-electron chi connectivity index (χ0n) is 17.6. The smallest absolute Gasteiger partial charge is 0.220 e. The Bertz CT molecular complexity index is 590. The third-order valence-corrected chi connectivity index (χ3v) is 4.59. The summed E-state index contributed by atoms with van der Waals surface area (Å²) in [6.45, 7) is 5.78. The molecular formula is C25H37NO2. The zero-order valence-corrected chi connectivity index (χ0v) is 17.6. The molecule has 0 fully saturated rings. The van der Waals surface area contributed by atoms with E-state index < -0.39 is 0 Å². The van der Waals surface area contributed by atoms with Gasteiger partial charge in [0.05, 0.1) is 12.9 Å². The molecule has 0 radical (unpaired) electrons. The van der Waals surface area contributed by atoms with Crippen molar-refractivity contribution in [3.05, 3.63) is 72.5 Å². The molecule has 0 spiro atoms. The van der Waals surface area contributed by atoms with Crippen molar-refractivity contribution in [2.75, 3.05) is 6.61 Å². The number of amides is 1. The highest BCUT2D eigenvalue weighted by molar-refractivity contribution is 5.75. The number of ether oxygens (including phenoxy) is 1. The van der Waals surface area contributed by atoms with Crippen molar-refractivity contribution >= 4 is 5.91 Å². The monoisotopic (exact) mass is 383 g/mol. The van der Waals surface area contributed by atoms with Gasteiger partial charge in [-0.2, -0.15) is 0 Å². The van der Waals surface area contributed by atoms with E-state index in [0.717, 1.165) is 44.3 Å². The van der Waals surface area contributed by atoms with Crippen LogP contribution < -0.4 is 5.32 Å². The summed E-state index contributed by atoms with van der Waals surface area (Å²) in [5.41, 5.74) is 1.14. The normalized spacial score (nSPS) is 12.8. The average molecular weight is 384 g/mol. The number of benzene rings is 1. The molecule has 3 nitrogen and oxygen atoms in total. The number of nitrogens with one attached hydrogen (secondary N) is 1. The number of allylic oxidation sites excluding steroid dienone is 5. The molecule has 1 amide bonds. The number of hydrogen-bond donors (Lipinski definition) is 1. The predicted octanol–water partition coefficient (Wildman–Crippen LogP) is 6.33. The summed E-state index contributed by atoms with van der Waals surface area (Å²) in [5, 5.41) is 2.97. The molecule has 0 aliphatic rings. The largest absolute Gasteiger partial charge is 0.501 e. The maximum absolute atomic E-state index is 11.8. The molecule has 0 unspecified atom stereocenters. The summed E-state index contributed by atoms with van der Waals surface area (Å²) in [7, 11) is 0. The minimum atomic E-state index is 0.143. The number of rotatable bonds is 15. The molecule has 1 aromatic rings. The topological polar surface area (TPSA) is 38.3 Å². The Balaban J connectivity index is 1.89. The lowest BCUT2D eigenvalue weighted by atomic mass is 10.1. The van der Waals surface area contributed by atoms with Gasteiger partial charge in [-0.15, -0.1) is 0 Å². The molecule has 1 atom stereocenters. The highest BCUT2D eigenvalue weighted by Gasteiger charge is 2.01. The Hall–Kier alpha value is -2.29. The molecule has 0 saturated heterocycles. The van der Waals surface area contributed by atoms with E-state index in [1.54, 1.807) is 6.26 Å². The lowest BCUT2D eigenvalue weighted by Crippen LogP contribution is -2.22. The second kappa shape index (κ2) is 16.9. The Morgan fingerprint density at radius 2 is 1.71 bits per heavy atom. The third kappa shape index (κ3) is 13.9. The van der Waals surface area contributed by atoms with Gasteiger partial charge in [-0.05, 0) is 30.4 Å². The summed E-state index contributed by atoms with van der Waals surface area (Å²) in [5.74, 6) is 0.776. The fourth-order valence-electron chi connectivity index (χ4n) is 2.57. The van der Waals surface area contributed by atoms with E-state index >= 15 is 0 Å². The zero-order chi connectivity index (χ0) is 20.3. The molecule has 1 N–H and O–H groups in total. The first-order valence-electron chi connectivity index (χ1n) is 10.6. The standard InChI is InChI=1S/C25H37NO2/c1-3-23(2)16-10-6-8-15-21-28-20-14-7-4-5-13-19-25(27)26-22-24-17-11-9-12-18-24/h6,8-12,15-18,21,23H,3-5,7,13-14,19-20,22H2,1-2H3,(H,26,27)/b8-6+,16-10+,21-15+/t23-/m0/s1. The van der Waals surface area contributed by atoms with Gasteiger partial charge < -0.3 is 10.1 Å². The van der Waals surface area contributed by atoms with Crippen LogP contribution in [0.4, 0.5) is 0 Å². The van der Waals surface area contributed by atoms with Crippen molar-refractivity contribution in [2.45, 2.75) is 65.3 Å². The number of unbranched alkanes of at least 4 members (excludes halogenated alkanes) is 4. The van der Waals surface area contributed by atoms with Crippen LogP contribution in [-0.4, -0.2) is 12.5 Å². The summed E-state index contributed by atoms with van der Waals surface area (Å²) in [6.07, 6.45) is 19.2. The van der Waals surface area contributed by atoms with Gasteiger partial charge in [0.25, 0.3) is 0 Å². The van der Waals surface area contributed by atoms with Crippen molar-refractivity contribution in [3.8, 4) is 0 Å². The van der Waals surface area contributed by atoms with Crippen molar-refractivity contribution in [2.24, 2.45) is 5.92 Å². The number of hydrogen-bond acceptors (Lipinski definition) is 2. The van der Waals surface area contributed by atoms with Crippen LogP contribution in [0.5, 0.6) is 0 Å².